The number of carbonyl (C=O) groups is 1. The van der Waals surface area contributed by atoms with Crippen LogP contribution in [0.4, 0.5) is 0 Å². The van der Waals surface area contributed by atoms with Gasteiger partial charge in [0.2, 0.25) is 10.0 Å². The number of hydrogen-bond donors (Lipinski definition) is 2. The van der Waals surface area contributed by atoms with E-state index in [0.29, 0.717) is 0 Å². The molecule has 0 aliphatic carbocycles. The Balaban J connectivity index is 2.87. The summed E-state index contributed by atoms with van der Waals surface area (Å²) < 4.78 is 30.7. The van der Waals surface area contributed by atoms with Gasteiger partial charge in [-0.2, -0.15) is 0 Å². The molecule has 1 saturated heterocycles. The van der Waals surface area contributed by atoms with Crippen molar-refractivity contribution in [2.75, 3.05) is 13.2 Å². The molecule has 2 atom stereocenters. The molecule has 0 aromatic carbocycles. The van der Waals surface area contributed by atoms with Gasteiger partial charge in [0.1, 0.15) is 5.41 Å². The van der Waals surface area contributed by atoms with Crippen LogP contribution in [0.15, 0.2) is 0 Å². The Kier molecular flexibility index (Phi) is 3.61. The Morgan fingerprint density at radius 3 is 2.56 bits per heavy atom. The highest BCUT2D eigenvalue weighted by molar-refractivity contribution is 7.90. The second-order valence-electron chi connectivity index (χ2n) is 4.50. The van der Waals surface area contributed by atoms with Crippen LogP contribution in [0.25, 0.3) is 0 Å². The molecule has 0 radical (unpaired) electrons. The van der Waals surface area contributed by atoms with E-state index in [2.05, 4.69) is 4.72 Å². The average Bonchev–Trinajstić information content (AvgIpc) is 2.48. The molecule has 0 spiro atoms. The van der Waals surface area contributed by atoms with E-state index in [4.69, 9.17) is 9.84 Å². The molecule has 7 heteroatoms. The lowest BCUT2D eigenvalue weighted by atomic mass is 9.86. The van der Waals surface area contributed by atoms with Crippen molar-refractivity contribution in [3.63, 3.8) is 0 Å². The molecular formula is C9H17NO5S. The Hall–Kier alpha value is -0.660. The van der Waals surface area contributed by atoms with Crippen LogP contribution in [0.2, 0.25) is 0 Å². The summed E-state index contributed by atoms with van der Waals surface area (Å²) in [6.45, 7) is 4.67. The highest BCUT2D eigenvalue weighted by atomic mass is 32.2. The van der Waals surface area contributed by atoms with Gasteiger partial charge >= 0.3 is 5.97 Å². The van der Waals surface area contributed by atoms with E-state index in [0.717, 1.165) is 0 Å². The fraction of sp³-hybridized carbons (Fsp3) is 0.889. The molecule has 0 saturated carbocycles. The van der Waals surface area contributed by atoms with Crippen LogP contribution in [0.1, 0.15) is 20.8 Å². The molecule has 0 bridgehead atoms. The minimum absolute atomic E-state index is 0.0214. The van der Waals surface area contributed by atoms with Crippen molar-refractivity contribution in [3.8, 4) is 0 Å². The summed E-state index contributed by atoms with van der Waals surface area (Å²) >= 11 is 0. The summed E-state index contributed by atoms with van der Waals surface area (Å²) in [5.41, 5.74) is -1.19. The van der Waals surface area contributed by atoms with E-state index >= 15 is 0 Å². The maximum atomic E-state index is 11.6. The van der Waals surface area contributed by atoms with Crippen LogP contribution in [0.3, 0.4) is 0 Å². The fourth-order valence-electron chi connectivity index (χ4n) is 1.38. The van der Waals surface area contributed by atoms with Crippen molar-refractivity contribution in [2.24, 2.45) is 5.41 Å². The summed E-state index contributed by atoms with van der Waals surface area (Å²) in [6.07, 6.45) is 0. The second-order valence-corrected chi connectivity index (χ2v) is 6.77. The van der Waals surface area contributed by atoms with E-state index < -0.39 is 32.7 Å². The average molecular weight is 251 g/mol. The molecule has 1 rings (SSSR count). The standard InChI is InChI=1S/C9H17NO5S/c1-6(2)16(13,14)10-7-4-15-5-9(7,3)8(11)12/h6-7,10H,4-5H2,1-3H3,(H,11,12). The Labute approximate surface area is 95.0 Å². The Bertz CT molecular complexity index is 377. The van der Waals surface area contributed by atoms with Crippen molar-refractivity contribution in [1.82, 2.24) is 4.72 Å². The molecule has 0 amide bonds. The van der Waals surface area contributed by atoms with Crippen LogP contribution in [0.5, 0.6) is 0 Å². The maximum absolute atomic E-state index is 11.6. The summed E-state index contributed by atoms with van der Waals surface area (Å²) in [4.78, 5) is 11.1. The van der Waals surface area contributed by atoms with Crippen molar-refractivity contribution < 1.29 is 23.1 Å². The Morgan fingerprint density at radius 1 is 1.56 bits per heavy atom. The summed E-state index contributed by atoms with van der Waals surface area (Å²) in [6, 6.07) is -0.711. The molecule has 1 fully saturated rings. The first-order valence-corrected chi connectivity index (χ1v) is 6.57. The minimum Gasteiger partial charge on any atom is -0.481 e. The van der Waals surface area contributed by atoms with Crippen molar-refractivity contribution >= 4 is 16.0 Å². The number of ether oxygens (including phenoxy) is 1. The summed E-state index contributed by atoms with van der Waals surface area (Å²) in [7, 11) is -3.48. The Morgan fingerprint density at radius 2 is 2.12 bits per heavy atom. The molecule has 0 aromatic heterocycles. The molecule has 0 aromatic rings. The number of hydrogen-bond acceptors (Lipinski definition) is 4. The largest absolute Gasteiger partial charge is 0.481 e. The SMILES string of the molecule is CC(C)S(=O)(=O)NC1COCC1(C)C(=O)O. The highest BCUT2D eigenvalue weighted by Gasteiger charge is 2.48. The van der Waals surface area contributed by atoms with Crippen LogP contribution < -0.4 is 4.72 Å². The molecule has 1 heterocycles. The van der Waals surface area contributed by atoms with Crippen molar-refractivity contribution in [1.29, 1.82) is 0 Å². The van der Waals surface area contributed by atoms with E-state index in [-0.39, 0.29) is 13.2 Å². The highest BCUT2D eigenvalue weighted by Crippen LogP contribution is 2.29. The number of sulfonamides is 1. The zero-order valence-electron chi connectivity index (χ0n) is 9.56. The van der Waals surface area contributed by atoms with Gasteiger partial charge in [-0.15, -0.1) is 0 Å². The van der Waals surface area contributed by atoms with Gasteiger partial charge in [0.25, 0.3) is 0 Å². The van der Waals surface area contributed by atoms with E-state index in [9.17, 15) is 13.2 Å². The first-order chi connectivity index (χ1) is 7.20. The van der Waals surface area contributed by atoms with E-state index in [1.54, 1.807) is 0 Å². The first kappa shape index (κ1) is 13.4. The lowest BCUT2D eigenvalue weighted by Gasteiger charge is -2.26. The number of aliphatic carboxylic acids is 1. The molecule has 1 aliphatic rings. The maximum Gasteiger partial charge on any atom is 0.313 e. The molecule has 2 unspecified atom stereocenters. The number of nitrogens with one attached hydrogen (secondary N) is 1. The molecular weight excluding hydrogens is 234 g/mol. The third-order valence-corrected chi connectivity index (χ3v) is 4.73. The van der Waals surface area contributed by atoms with Crippen molar-refractivity contribution in [2.45, 2.75) is 32.1 Å². The molecule has 1 aliphatic heterocycles. The quantitative estimate of drug-likeness (QED) is 0.722. The molecule has 94 valence electrons. The number of carboxylic acid groups (broad SMARTS) is 1. The third kappa shape index (κ3) is 2.36. The lowest BCUT2D eigenvalue weighted by molar-refractivity contribution is -0.148. The van der Waals surface area contributed by atoms with Crippen LogP contribution in [0, 0.1) is 5.41 Å². The van der Waals surface area contributed by atoms with Crippen LogP contribution in [-0.4, -0.2) is 44.0 Å². The monoisotopic (exact) mass is 251 g/mol. The van der Waals surface area contributed by atoms with Gasteiger partial charge in [-0.05, 0) is 20.8 Å². The number of rotatable bonds is 4. The zero-order chi connectivity index (χ0) is 12.6. The predicted molar refractivity (Wildman–Crippen MR) is 57.5 cm³/mol. The zero-order valence-corrected chi connectivity index (χ0v) is 10.4. The van der Waals surface area contributed by atoms with Gasteiger partial charge in [0.15, 0.2) is 0 Å². The second kappa shape index (κ2) is 4.31. The van der Waals surface area contributed by atoms with Gasteiger partial charge in [0.05, 0.1) is 24.5 Å². The van der Waals surface area contributed by atoms with Gasteiger partial charge in [-0.25, -0.2) is 13.1 Å². The molecule has 2 N–H and O–H groups in total. The minimum atomic E-state index is -3.48. The number of carboxylic acids is 1. The topological polar surface area (TPSA) is 92.7 Å². The van der Waals surface area contributed by atoms with E-state index in [1.807, 2.05) is 0 Å². The van der Waals surface area contributed by atoms with Gasteiger partial charge in [-0.1, -0.05) is 0 Å². The van der Waals surface area contributed by atoms with Crippen molar-refractivity contribution in [3.05, 3.63) is 0 Å². The normalized spacial score (nSPS) is 30.9. The van der Waals surface area contributed by atoms with Crippen LogP contribution in [-0.2, 0) is 19.6 Å². The lowest BCUT2D eigenvalue weighted by Crippen LogP contribution is -2.51. The smallest absolute Gasteiger partial charge is 0.313 e. The summed E-state index contributed by atoms with van der Waals surface area (Å²) in [5.74, 6) is -1.05. The van der Waals surface area contributed by atoms with Gasteiger partial charge < -0.3 is 9.84 Å². The fourth-order valence-corrected chi connectivity index (χ4v) is 2.38. The van der Waals surface area contributed by atoms with E-state index in [1.165, 1.54) is 20.8 Å². The summed E-state index contributed by atoms with van der Waals surface area (Å²) in [5, 5.41) is 8.47. The van der Waals surface area contributed by atoms with Gasteiger partial charge in [0, 0.05) is 0 Å². The molecule has 16 heavy (non-hydrogen) atoms. The van der Waals surface area contributed by atoms with Gasteiger partial charge in [-0.3, -0.25) is 4.79 Å². The van der Waals surface area contributed by atoms with Crippen LogP contribution >= 0.6 is 0 Å². The molecule has 6 nitrogen and oxygen atoms in total. The third-order valence-electron chi connectivity index (χ3n) is 2.87. The first-order valence-electron chi connectivity index (χ1n) is 5.02. The predicted octanol–water partition coefficient (Wildman–Crippen LogP) is -0.196.